The highest BCUT2D eigenvalue weighted by atomic mass is 19.4. The third kappa shape index (κ3) is 5.30. The van der Waals surface area contributed by atoms with Crippen LogP contribution in [0.4, 0.5) is 18.9 Å². The Labute approximate surface area is 140 Å². The normalized spacial score (nSPS) is 10.8. The van der Waals surface area contributed by atoms with Crippen molar-refractivity contribution in [2.24, 2.45) is 0 Å². The van der Waals surface area contributed by atoms with Gasteiger partial charge >= 0.3 is 18.1 Å². The van der Waals surface area contributed by atoms with Crippen molar-refractivity contribution < 1.29 is 37.2 Å². The molecule has 0 aliphatic rings. The Morgan fingerprint density at radius 2 is 1.68 bits per heavy atom. The topological polar surface area (TPSA) is 95.7 Å². The van der Waals surface area contributed by atoms with Crippen LogP contribution in [0.2, 0.25) is 0 Å². The van der Waals surface area contributed by atoms with Crippen molar-refractivity contribution in [2.45, 2.75) is 20.0 Å². The minimum Gasteiger partial charge on any atom is -0.462 e. The number of esters is 2. The van der Waals surface area contributed by atoms with Crippen molar-refractivity contribution in [1.29, 1.82) is 0 Å². The number of hydrogen-bond acceptors (Lipinski definition) is 6. The summed E-state index contributed by atoms with van der Waals surface area (Å²) in [4.78, 5) is 33.7. The van der Waals surface area contributed by atoms with Gasteiger partial charge in [-0.2, -0.15) is 13.2 Å². The fourth-order valence-corrected chi connectivity index (χ4v) is 1.77. The molecule has 7 nitrogen and oxygen atoms in total. The van der Waals surface area contributed by atoms with Crippen molar-refractivity contribution >= 4 is 23.7 Å². The molecule has 0 N–H and O–H groups in total. The number of halogens is 3. The molecular formula is C15H14F3NO6. The molecule has 0 spiro atoms. The molecule has 0 bridgehead atoms. The number of carbonyl (C=O) groups is 2. The third-order valence-corrected chi connectivity index (χ3v) is 2.84. The van der Waals surface area contributed by atoms with Crippen LogP contribution in [0.15, 0.2) is 23.8 Å². The van der Waals surface area contributed by atoms with Crippen LogP contribution in [0.1, 0.15) is 25.0 Å². The summed E-state index contributed by atoms with van der Waals surface area (Å²) in [7, 11) is 0. The van der Waals surface area contributed by atoms with E-state index in [9.17, 15) is 32.9 Å². The highest BCUT2D eigenvalue weighted by molar-refractivity contribution is 6.17. The summed E-state index contributed by atoms with van der Waals surface area (Å²) in [5, 5.41) is 11.1. The minimum atomic E-state index is -4.78. The van der Waals surface area contributed by atoms with Gasteiger partial charge in [-0.3, -0.25) is 10.1 Å². The molecule has 0 aliphatic carbocycles. The Bertz CT molecular complexity index is 692. The zero-order chi connectivity index (χ0) is 19.2. The van der Waals surface area contributed by atoms with Gasteiger partial charge in [-0.15, -0.1) is 0 Å². The van der Waals surface area contributed by atoms with E-state index in [1.54, 1.807) is 0 Å². The summed E-state index contributed by atoms with van der Waals surface area (Å²) in [5.41, 5.74) is -3.17. The van der Waals surface area contributed by atoms with Gasteiger partial charge in [0.2, 0.25) is 0 Å². The molecule has 0 saturated heterocycles. The van der Waals surface area contributed by atoms with Gasteiger partial charge in [-0.25, -0.2) is 9.59 Å². The van der Waals surface area contributed by atoms with E-state index >= 15 is 0 Å². The van der Waals surface area contributed by atoms with E-state index in [0.717, 1.165) is 12.1 Å². The molecule has 1 aromatic carbocycles. The van der Waals surface area contributed by atoms with Crippen molar-refractivity contribution in [2.75, 3.05) is 13.2 Å². The highest BCUT2D eigenvalue weighted by Crippen LogP contribution is 2.33. The average molecular weight is 361 g/mol. The quantitative estimate of drug-likeness (QED) is 0.193. The molecule has 0 radical (unpaired) electrons. The SMILES string of the molecule is CCOC(=O)C(=Cc1ccc(C(F)(F)F)cc1[N+](=O)[O-])C(=O)OCC. The number of nitrogens with zero attached hydrogens (tertiary/aromatic N) is 1. The van der Waals surface area contributed by atoms with E-state index in [1.165, 1.54) is 13.8 Å². The molecule has 136 valence electrons. The second-order valence-electron chi connectivity index (χ2n) is 4.53. The van der Waals surface area contributed by atoms with E-state index in [0.29, 0.717) is 12.1 Å². The van der Waals surface area contributed by atoms with Gasteiger partial charge in [0.1, 0.15) is 5.57 Å². The minimum absolute atomic E-state index is 0.0787. The number of rotatable bonds is 6. The summed E-state index contributed by atoms with van der Waals surface area (Å²) in [6.07, 6.45) is -4.01. The van der Waals surface area contributed by atoms with E-state index in [-0.39, 0.29) is 18.8 Å². The molecule has 1 aromatic rings. The summed E-state index contributed by atoms with van der Waals surface area (Å²) >= 11 is 0. The lowest BCUT2D eigenvalue weighted by Gasteiger charge is -2.09. The summed E-state index contributed by atoms with van der Waals surface area (Å²) in [6.45, 7) is 2.79. The predicted octanol–water partition coefficient (Wildman–Crippen LogP) is 3.12. The fraction of sp³-hybridized carbons (Fsp3) is 0.333. The van der Waals surface area contributed by atoms with Crippen LogP contribution in [-0.2, 0) is 25.2 Å². The van der Waals surface area contributed by atoms with E-state index in [2.05, 4.69) is 9.47 Å². The number of alkyl halides is 3. The maximum atomic E-state index is 12.7. The molecule has 25 heavy (non-hydrogen) atoms. The van der Waals surface area contributed by atoms with Gasteiger partial charge in [0, 0.05) is 6.07 Å². The maximum absolute atomic E-state index is 12.7. The number of hydrogen-bond donors (Lipinski definition) is 0. The second kappa shape index (κ2) is 8.27. The molecule has 0 unspecified atom stereocenters. The molecule has 10 heteroatoms. The van der Waals surface area contributed by atoms with Crippen LogP contribution in [-0.4, -0.2) is 30.1 Å². The molecule has 0 aliphatic heterocycles. The zero-order valence-corrected chi connectivity index (χ0v) is 13.3. The monoisotopic (exact) mass is 361 g/mol. The zero-order valence-electron chi connectivity index (χ0n) is 13.3. The van der Waals surface area contributed by atoms with Crippen LogP contribution < -0.4 is 0 Å². The molecule has 0 aromatic heterocycles. The molecular weight excluding hydrogens is 347 g/mol. The molecule has 0 saturated carbocycles. The molecule has 1 rings (SSSR count). The first kappa shape index (κ1) is 20.1. The summed E-state index contributed by atoms with van der Waals surface area (Å²) in [5.74, 6) is -2.20. The van der Waals surface area contributed by atoms with Crippen molar-refractivity contribution in [3.8, 4) is 0 Å². The summed E-state index contributed by atoms with van der Waals surface area (Å²) in [6, 6.07) is 1.71. The lowest BCUT2D eigenvalue weighted by Crippen LogP contribution is -2.18. The first-order valence-corrected chi connectivity index (χ1v) is 7.03. The molecule has 0 heterocycles. The first-order chi connectivity index (χ1) is 11.6. The van der Waals surface area contributed by atoms with Gasteiger partial charge in [0.25, 0.3) is 5.69 Å². The number of carbonyl (C=O) groups excluding carboxylic acids is 2. The smallest absolute Gasteiger partial charge is 0.416 e. The second-order valence-corrected chi connectivity index (χ2v) is 4.53. The van der Waals surface area contributed by atoms with Gasteiger partial charge in [-0.05, 0) is 32.1 Å². The number of nitro benzene ring substituents is 1. The van der Waals surface area contributed by atoms with Crippen molar-refractivity contribution in [3.63, 3.8) is 0 Å². The van der Waals surface area contributed by atoms with E-state index in [4.69, 9.17) is 0 Å². The lowest BCUT2D eigenvalue weighted by molar-refractivity contribution is -0.385. The van der Waals surface area contributed by atoms with Crippen LogP contribution in [0.3, 0.4) is 0 Å². The summed E-state index contributed by atoms with van der Waals surface area (Å²) < 4.78 is 47.4. The molecule has 0 atom stereocenters. The molecule has 0 amide bonds. The first-order valence-electron chi connectivity index (χ1n) is 7.03. The van der Waals surface area contributed by atoms with Gasteiger partial charge < -0.3 is 9.47 Å². The largest absolute Gasteiger partial charge is 0.462 e. The van der Waals surface area contributed by atoms with E-state index < -0.39 is 39.9 Å². The third-order valence-electron chi connectivity index (χ3n) is 2.84. The number of nitro groups is 1. The Morgan fingerprint density at radius 1 is 1.16 bits per heavy atom. The van der Waals surface area contributed by atoms with Gasteiger partial charge in [-0.1, -0.05) is 0 Å². The fourth-order valence-electron chi connectivity index (χ4n) is 1.77. The van der Waals surface area contributed by atoms with Gasteiger partial charge in [0.15, 0.2) is 0 Å². The van der Waals surface area contributed by atoms with Gasteiger partial charge in [0.05, 0.1) is 29.3 Å². The van der Waals surface area contributed by atoms with Crippen molar-refractivity contribution in [3.05, 3.63) is 45.0 Å². The maximum Gasteiger partial charge on any atom is 0.416 e. The Balaban J connectivity index is 3.48. The van der Waals surface area contributed by atoms with E-state index in [1.807, 2.05) is 0 Å². The predicted molar refractivity (Wildman–Crippen MR) is 79.3 cm³/mol. The Hall–Kier alpha value is -2.91. The Morgan fingerprint density at radius 3 is 2.08 bits per heavy atom. The highest BCUT2D eigenvalue weighted by Gasteiger charge is 2.33. The lowest BCUT2D eigenvalue weighted by atomic mass is 10.1. The van der Waals surface area contributed by atoms with Crippen LogP contribution >= 0.6 is 0 Å². The van der Waals surface area contributed by atoms with Crippen molar-refractivity contribution in [1.82, 2.24) is 0 Å². The number of benzene rings is 1. The molecule has 0 fully saturated rings. The Kier molecular flexibility index (Phi) is 6.66. The number of ether oxygens (including phenoxy) is 2. The standard InChI is InChI=1S/C15H14F3NO6/c1-3-24-13(20)11(14(21)25-4-2)7-9-5-6-10(15(16,17)18)8-12(9)19(22)23/h5-8H,3-4H2,1-2H3. The van der Waals surface area contributed by atoms with Crippen LogP contribution in [0.5, 0.6) is 0 Å². The van der Waals surface area contributed by atoms with Crippen LogP contribution in [0.25, 0.3) is 6.08 Å². The average Bonchev–Trinajstić information content (AvgIpc) is 2.51. The van der Waals surface area contributed by atoms with Crippen LogP contribution in [0, 0.1) is 10.1 Å².